The molecule has 2 aromatic rings. The molecule has 0 spiro atoms. The van der Waals surface area contributed by atoms with E-state index in [2.05, 4.69) is 26.2 Å². The van der Waals surface area contributed by atoms with Gasteiger partial charge in [-0.15, -0.1) is 0 Å². The number of rotatable bonds is 5. The second-order valence-electron chi connectivity index (χ2n) is 3.79. The molecule has 0 bridgehead atoms. The lowest BCUT2D eigenvalue weighted by Gasteiger charge is -2.10. The van der Waals surface area contributed by atoms with E-state index in [-0.39, 0.29) is 0 Å². The van der Waals surface area contributed by atoms with Gasteiger partial charge >= 0.3 is 0 Å². The van der Waals surface area contributed by atoms with Crippen molar-refractivity contribution in [3.05, 3.63) is 47.0 Å². The van der Waals surface area contributed by atoms with Crippen LogP contribution in [0, 0.1) is 0 Å². The Balaban J connectivity index is 1.95. The van der Waals surface area contributed by atoms with Crippen LogP contribution in [0.2, 0.25) is 0 Å². The summed E-state index contributed by atoms with van der Waals surface area (Å²) in [6.45, 7) is 1.69. The van der Waals surface area contributed by atoms with Crippen LogP contribution in [0.3, 0.4) is 0 Å². The van der Waals surface area contributed by atoms with Crippen molar-refractivity contribution in [1.82, 2.24) is 9.55 Å². The number of hydrogen-bond acceptors (Lipinski definition) is 3. The fraction of sp³-hybridized carbons (Fsp3) is 0.167. The molecule has 1 heterocycles. The van der Waals surface area contributed by atoms with E-state index < -0.39 is 0 Å². The molecule has 4 nitrogen and oxygen atoms in total. The second-order valence-corrected chi connectivity index (χ2v) is 5.08. The molecule has 0 fully saturated rings. The molecule has 0 atom stereocenters. The van der Waals surface area contributed by atoms with Crippen LogP contribution in [0.25, 0.3) is 0 Å². The minimum atomic E-state index is 0.403. The van der Waals surface area contributed by atoms with Crippen molar-refractivity contribution >= 4 is 38.8 Å². The topological polar surface area (TPSA) is 55.9 Å². The third kappa shape index (κ3) is 3.30. The van der Waals surface area contributed by atoms with Gasteiger partial charge in [0.05, 0.1) is 6.33 Å². The van der Waals surface area contributed by atoms with E-state index >= 15 is 0 Å². The summed E-state index contributed by atoms with van der Waals surface area (Å²) in [5.74, 6) is 0. The van der Waals surface area contributed by atoms with Crippen molar-refractivity contribution in [2.75, 3.05) is 11.9 Å². The van der Waals surface area contributed by atoms with Crippen LogP contribution >= 0.6 is 28.1 Å². The van der Waals surface area contributed by atoms with E-state index in [1.165, 1.54) is 0 Å². The van der Waals surface area contributed by atoms with Crippen LogP contribution in [0.15, 0.2) is 41.4 Å². The number of imidazole rings is 1. The van der Waals surface area contributed by atoms with Crippen molar-refractivity contribution in [2.45, 2.75) is 6.54 Å². The van der Waals surface area contributed by atoms with Crippen LogP contribution in [0.5, 0.6) is 0 Å². The average molecular weight is 325 g/mol. The first-order valence-electron chi connectivity index (χ1n) is 5.46. The Morgan fingerprint density at radius 3 is 2.94 bits per heavy atom. The number of nitrogens with zero attached hydrogens (tertiary/aromatic N) is 2. The fourth-order valence-electron chi connectivity index (χ4n) is 1.55. The number of thiocarbonyl (C=S) groups is 1. The fourth-order valence-corrected chi connectivity index (χ4v) is 2.20. The smallest absolute Gasteiger partial charge is 0.104 e. The first-order chi connectivity index (χ1) is 8.66. The minimum Gasteiger partial charge on any atom is -0.389 e. The van der Waals surface area contributed by atoms with Gasteiger partial charge in [-0.3, -0.25) is 0 Å². The van der Waals surface area contributed by atoms with E-state index in [4.69, 9.17) is 18.0 Å². The molecule has 1 aromatic heterocycles. The molecular weight excluding hydrogens is 312 g/mol. The molecule has 2 rings (SSSR count). The Bertz CT molecular complexity index is 539. The maximum Gasteiger partial charge on any atom is 0.104 e. The van der Waals surface area contributed by atoms with E-state index in [0.717, 1.165) is 28.8 Å². The zero-order valence-electron chi connectivity index (χ0n) is 9.64. The highest BCUT2D eigenvalue weighted by Gasteiger charge is 2.02. The summed E-state index contributed by atoms with van der Waals surface area (Å²) < 4.78 is 2.98. The molecule has 0 saturated heterocycles. The quantitative estimate of drug-likeness (QED) is 0.829. The number of benzene rings is 1. The second kappa shape index (κ2) is 5.97. The maximum absolute atomic E-state index is 5.58. The summed E-state index contributed by atoms with van der Waals surface area (Å²) in [5.41, 5.74) is 7.46. The minimum absolute atomic E-state index is 0.403. The Kier molecular flexibility index (Phi) is 4.33. The molecule has 0 unspecified atom stereocenters. The first-order valence-corrected chi connectivity index (χ1v) is 6.66. The van der Waals surface area contributed by atoms with Crippen molar-refractivity contribution in [3.63, 3.8) is 0 Å². The lowest BCUT2D eigenvalue weighted by atomic mass is 10.2. The zero-order chi connectivity index (χ0) is 13.0. The van der Waals surface area contributed by atoms with Gasteiger partial charge in [-0.25, -0.2) is 4.98 Å². The van der Waals surface area contributed by atoms with Crippen LogP contribution in [0.4, 0.5) is 5.69 Å². The predicted octanol–water partition coefficient (Wildman–Crippen LogP) is 2.39. The number of nitrogens with one attached hydrogen (secondary N) is 1. The van der Waals surface area contributed by atoms with Gasteiger partial charge in [0.2, 0.25) is 0 Å². The molecule has 0 amide bonds. The van der Waals surface area contributed by atoms with Gasteiger partial charge in [-0.2, -0.15) is 0 Å². The highest BCUT2D eigenvalue weighted by atomic mass is 79.9. The van der Waals surface area contributed by atoms with Gasteiger partial charge in [-0.1, -0.05) is 12.2 Å². The molecule has 1 aromatic carbocycles. The Labute approximate surface area is 119 Å². The van der Waals surface area contributed by atoms with Crippen molar-refractivity contribution < 1.29 is 0 Å². The van der Waals surface area contributed by atoms with Crippen molar-refractivity contribution in [2.24, 2.45) is 5.73 Å². The third-order valence-electron chi connectivity index (χ3n) is 2.50. The summed E-state index contributed by atoms with van der Waals surface area (Å²) in [5, 5.41) is 3.34. The van der Waals surface area contributed by atoms with E-state index in [9.17, 15) is 0 Å². The highest BCUT2D eigenvalue weighted by molar-refractivity contribution is 9.10. The number of hydrogen-bond donors (Lipinski definition) is 2. The van der Waals surface area contributed by atoms with Gasteiger partial charge in [0, 0.05) is 41.2 Å². The van der Waals surface area contributed by atoms with Gasteiger partial charge in [0.1, 0.15) is 4.99 Å². The zero-order valence-corrected chi connectivity index (χ0v) is 12.0. The number of aromatic nitrogens is 2. The van der Waals surface area contributed by atoms with Crippen molar-refractivity contribution in [1.29, 1.82) is 0 Å². The summed E-state index contributed by atoms with van der Waals surface area (Å²) in [6, 6.07) is 5.79. The summed E-state index contributed by atoms with van der Waals surface area (Å²) in [6.07, 6.45) is 5.51. The van der Waals surface area contributed by atoms with Crippen LogP contribution in [-0.4, -0.2) is 21.1 Å². The molecular formula is C12H13BrN4S. The summed E-state index contributed by atoms with van der Waals surface area (Å²) in [7, 11) is 0. The standard InChI is InChI=1S/C12H13BrN4S/c13-10-7-9(12(14)18)1-2-11(10)16-4-6-17-5-3-15-8-17/h1-3,5,7-8,16H,4,6H2,(H2,14,18). The molecule has 0 aliphatic rings. The van der Waals surface area contributed by atoms with Gasteiger partial charge in [-0.05, 0) is 34.1 Å². The SMILES string of the molecule is NC(=S)c1ccc(NCCn2ccnc2)c(Br)c1. The van der Waals surface area contributed by atoms with E-state index in [1.54, 1.807) is 12.5 Å². The monoisotopic (exact) mass is 324 g/mol. The van der Waals surface area contributed by atoms with Gasteiger partial charge in [0.15, 0.2) is 0 Å². The van der Waals surface area contributed by atoms with E-state index in [1.807, 2.05) is 29.0 Å². The average Bonchev–Trinajstić information content (AvgIpc) is 2.84. The highest BCUT2D eigenvalue weighted by Crippen LogP contribution is 2.23. The van der Waals surface area contributed by atoms with Gasteiger partial charge < -0.3 is 15.6 Å². The Morgan fingerprint density at radius 1 is 1.50 bits per heavy atom. The Morgan fingerprint density at radius 2 is 2.33 bits per heavy atom. The number of anilines is 1. The van der Waals surface area contributed by atoms with Crippen LogP contribution < -0.4 is 11.1 Å². The first kappa shape index (κ1) is 13.0. The molecule has 0 aliphatic heterocycles. The molecule has 0 radical (unpaired) electrons. The predicted molar refractivity (Wildman–Crippen MR) is 80.7 cm³/mol. The summed E-state index contributed by atoms with van der Waals surface area (Å²) >= 11 is 8.43. The lowest BCUT2D eigenvalue weighted by molar-refractivity contribution is 0.727. The lowest BCUT2D eigenvalue weighted by Crippen LogP contribution is -2.11. The third-order valence-corrected chi connectivity index (χ3v) is 3.39. The largest absolute Gasteiger partial charge is 0.389 e. The molecule has 3 N–H and O–H groups in total. The Hall–Kier alpha value is -1.40. The van der Waals surface area contributed by atoms with Crippen LogP contribution in [0.1, 0.15) is 5.56 Å². The van der Waals surface area contributed by atoms with Crippen molar-refractivity contribution in [3.8, 4) is 0 Å². The normalized spacial score (nSPS) is 10.3. The summed E-state index contributed by atoms with van der Waals surface area (Å²) in [4.78, 5) is 4.40. The number of nitrogens with two attached hydrogens (primary N) is 1. The number of halogens is 1. The van der Waals surface area contributed by atoms with Crippen LogP contribution in [-0.2, 0) is 6.54 Å². The molecule has 18 heavy (non-hydrogen) atoms. The molecule has 0 aliphatic carbocycles. The molecule has 94 valence electrons. The molecule has 6 heteroatoms. The van der Waals surface area contributed by atoms with Gasteiger partial charge in [0.25, 0.3) is 0 Å². The maximum atomic E-state index is 5.58. The van der Waals surface area contributed by atoms with E-state index in [0.29, 0.717) is 4.99 Å². The molecule has 0 saturated carbocycles.